The van der Waals surface area contributed by atoms with Crippen molar-refractivity contribution < 1.29 is 13.2 Å². The Bertz CT molecular complexity index is 796. The van der Waals surface area contributed by atoms with Crippen LogP contribution in [0.4, 0.5) is 0 Å². The normalized spacial score (nSPS) is 17.3. The maximum Gasteiger partial charge on any atom is 0.242 e. The van der Waals surface area contributed by atoms with Gasteiger partial charge >= 0.3 is 0 Å². The van der Waals surface area contributed by atoms with Gasteiger partial charge in [-0.25, -0.2) is 13.1 Å². The SMILES string of the molecule is O=S(=O)(NCC(c1ccccc1Cl)N1CCOCC1)c1cccnc1. The number of aromatic nitrogens is 1. The van der Waals surface area contributed by atoms with Crippen LogP contribution in [0.15, 0.2) is 53.7 Å². The molecule has 1 aliphatic heterocycles. The van der Waals surface area contributed by atoms with Crippen LogP contribution >= 0.6 is 11.6 Å². The summed E-state index contributed by atoms with van der Waals surface area (Å²) < 4.78 is 33.1. The van der Waals surface area contributed by atoms with Crippen LogP contribution in [0.2, 0.25) is 5.02 Å². The highest BCUT2D eigenvalue weighted by Gasteiger charge is 2.26. The lowest BCUT2D eigenvalue weighted by Gasteiger charge is -2.35. The molecule has 134 valence electrons. The summed E-state index contributed by atoms with van der Waals surface area (Å²) in [5.41, 5.74) is 0.903. The number of rotatable bonds is 6. The lowest BCUT2D eigenvalue weighted by atomic mass is 10.0. The van der Waals surface area contributed by atoms with E-state index in [4.69, 9.17) is 16.3 Å². The molecule has 0 saturated carbocycles. The predicted molar refractivity (Wildman–Crippen MR) is 96.0 cm³/mol. The third-order valence-electron chi connectivity index (χ3n) is 4.16. The summed E-state index contributed by atoms with van der Waals surface area (Å²) >= 11 is 6.36. The van der Waals surface area contributed by atoms with Gasteiger partial charge in [0.1, 0.15) is 4.90 Å². The third kappa shape index (κ3) is 4.56. The lowest BCUT2D eigenvalue weighted by Crippen LogP contribution is -2.43. The van der Waals surface area contributed by atoms with Gasteiger partial charge in [0, 0.05) is 43.1 Å². The number of benzene rings is 1. The first-order valence-corrected chi connectivity index (χ1v) is 9.90. The summed E-state index contributed by atoms with van der Waals surface area (Å²) in [6.07, 6.45) is 2.88. The number of halogens is 1. The summed E-state index contributed by atoms with van der Waals surface area (Å²) in [7, 11) is -3.63. The smallest absolute Gasteiger partial charge is 0.242 e. The van der Waals surface area contributed by atoms with Gasteiger partial charge in [0.2, 0.25) is 10.0 Å². The zero-order valence-electron chi connectivity index (χ0n) is 13.6. The van der Waals surface area contributed by atoms with E-state index in [0.717, 1.165) is 18.7 Å². The molecule has 1 saturated heterocycles. The molecule has 8 heteroatoms. The molecule has 1 aromatic heterocycles. The van der Waals surface area contributed by atoms with Gasteiger partial charge in [-0.1, -0.05) is 29.8 Å². The topological polar surface area (TPSA) is 71.5 Å². The molecule has 1 aromatic carbocycles. The molecule has 3 rings (SSSR count). The van der Waals surface area contributed by atoms with Crippen LogP contribution in [0.5, 0.6) is 0 Å². The zero-order valence-corrected chi connectivity index (χ0v) is 15.2. The molecule has 1 N–H and O–H groups in total. The first-order valence-electron chi connectivity index (χ1n) is 8.04. The van der Waals surface area contributed by atoms with Crippen molar-refractivity contribution in [2.24, 2.45) is 0 Å². The van der Waals surface area contributed by atoms with Crippen LogP contribution in [-0.2, 0) is 14.8 Å². The molecule has 2 aromatic rings. The minimum absolute atomic E-state index is 0.148. The molecule has 1 fully saturated rings. The van der Waals surface area contributed by atoms with Gasteiger partial charge in [0.15, 0.2) is 0 Å². The number of hydrogen-bond acceptors (Lipinski definition) is 5. The van der Waals surface area contributed by atoms with Crippen LogP contribution in [0.1, 0.15) is 11.6 Å². The Balaban J connectivity index is 1.82. The number of hydrogen-bond donors (Lipinski definition) is 1. The van der Waals surface area contributed by atoms with E-state index in [2.05, 4.69) is 14.6 Å². The van der Waals surface area contributed by atoms with Gasteiger partial charge in [-0.3, -0.25) is 9.88 Å². The summed E-state index contributed by atoms with van der Waals surface area (Å²) in [6.45, 7) is 2.92. The van der Waals surface area contributed by atoms with Gasteiger partial charge in [-0.05, 0) is 23.8 Å². The van der Waals surface area contributed by atoms with Crippen LogP contribution < -0.4 is 4.72 Å². The maximum atomic E-state index is 12.5. The van der Waals surface area contributed by atoms with Crippen molar-refractivity contribution >= 4 is 21.6 Å². The van der Waals surface area contributed by atoms with Crippen molar-refractivity contribution in [1.82, 2.24) is 14.6 Å². The Morgan fingerprint density at radius 1 is 1.20 bits per heavy atom. The molecule has 1 atom stereocenters. The third-order valence-corrected chi connectivity index (χ3v) is 5.92. The highest BCUT2D eigenvalue weighted by Crippen LogP contribution is 2.28. The van der Waals surface area contributed by atoms with Gasteiger partial charge in [0.05, 0.1) is 13.2 Å². The van der Waals surface area contributed by atoms with Gasteiger partial charge in [0.25, 0.3) is 0 Å². The molecule has 0 spiro atoms. The Labute approximate surface area is 152 Å². The van der Waals surface area contributed by atoms with E-state index in [0.29, 0.717) is 18.2 Å². The summed E-state index contributed by atoms with van der Waals surface area (Å²) in [4.78, 5) is 6.21. The first kappa shape index (κ1) is 18.3. The predicted octanol–water partition coefficient (Wildman–Crippen LogP) is 2.09. The van der Waals surface area contributed by atoms with E-state index in [1.165, 1.54) is 12.3 Å². The van der Waals surface area contributed by atoms with E-state index in [1.807, 2.05) is 24.3 Å². The molecule has 6 nitrogen and oxygen atoms in total. The highest BCUT2D eigenvalue weighted by atomic mass is 35.5. The first-order chi connectivity index (χ1) is 12.1. The van der Waals surface area contributed by atoms with Gasteiger partial charge < -0.3 is 4.74 Å². The van der Waals surface area contributed by atoms with Crippen LogP contribution in [0.25, 0.3) is 0 Å². The fourth-order valence-corrected chi connectivity index (χ4v) is 4.11. The quantitative estimate of drug-likeness (QED) is 0.829. The van der Waals surface area contributed by atoms with Crippen LogP contribution in [-0.4, -0.2) is 51.1 Å². The summed E-state index contributed by atoms with van der Waals surface area (Å²) in [6, 6.07) is 10.5. The average molecular weight is 382 g/mol. The fourth-order valence-electron chi connectivity index (χ4n) is 2.85. The second-order valence-corrected chi connectivity index (χ2v) is 7.90. The fraction of sp³-hybridized carbons (Fsp3) is 0.353. The van der Waals surface area contributed by atoms with Crippen LogP contribution in [0.3, 0.4) is 0 Å². The Kier molecular flexibility index (Phi) is 6.03. The molecule has 1 aliphatic rings. The molecule has 1 unspecified atom stereocenters. The van der Waals surface area contributed by atoms with Crippen molar-refractivity contribution in [2.45, 2.75) is 10.9 Å². The Morgan fingerprint density at radius 3 is 2.64 bits per heavy atom. The number of nitrogens with one attached hydrogen (secondary N) is 1. The highest BCUT2D eigenvalue weighted by molar-refractivity contribution is 7.89. The van der Waals surface area contributed by atoms with Gasteiger partial charge in [-0.15, -0.1) is 0 Å². The second kappa shape index (κ2) is 8.25. The van der Waals surface area contributed by atoms with Crippen molar-refractivity contribution in [3.8, 4) is 0 Å². The molecule has 0 bridgehead atoms. The Morgan fingerprint density at radius 2 is 1.96 bits per heavy atom. The summed E-state index contributed by atoms with van der Waals surface area (Å²) in [5, 5.41) is 0.625. The van der Waals surface area contributed by atoms with E-state index in [9.17, 15) is 8.42 Å². The molecule has 25 heavy (non-hydrogen) atoms. The van der Waals surface area contributed by atoms with Crippen LogP contribution in [0, 0.1) is 0 Å². The molecule has 0 amide bonds. The minimum Gasteiger partial charge on any atom is -0.379 e. The van der Waals surface area contributed by atoms with Crippen molar-refractivity contribution in [3.05, 3.63) is 59.4 Å². The van der Waals surface area contributed by atoms with E-state index in [1.54, 1.807) is 12.3 Å². The molecular weight excluding hydrogens is 362 g/mol. The largest absolute Gasteiger partial charge is 0.379 e. The van der Waals surface area contributed by atoms with E-state index in [-0.39, 0.29) is 17.5 Å². The monoisotopic (exact) mass is 381 g/mol. The summed E-state index contributed by atoms with van der Waals surface area (Å²) in [5.74, 6) is 0. The van der Waals surface area contributed by atoms with Crippen molar-refractivity contribution in [2.75, 3.05) is 32.8 Å². The molecular formula is C17H20ClN3O3S. The standard InChI is InChI=1S/C17H20ClN3O3S/c18-16-6-2-1-5-15(16)17(21-8-10-24-11-9-21)13-20-25(22,23)14-4-3-7-19-12-14/h1-7,12,17,20H,8-11,13H2. The number of morpholine rings is 1. The van der Waals surface area contributed by atoms with Gasteiger partial charge in [-0.2, -0.15) is 0 Å². The number of sulfonamides is 1. The second-order valence-electron chi connectivity index (χ2n) is 5.73. The van der Waals surface area contributed by atoms with E-state index < -0.39 is 10.0 Å². The average Bonchev–Trinajstić information content (AvgIpc) is 2.65. The number of pyridine rings is 1. The van der Waals surface area contributed by atoms with Crippen molar-refractivity contribution in [1.29, 1.82) is 0 Å². The number of nitrogens with zero attached hydrogens (tertiary/aromatic N) is 2. The Hall–Kier alpha value is -1.51. The maximum absolute atomic E-state index is 12.5. The zero-order chi connectivity index (χ0) is 17.7. The lowest BCUT2D eigenvalue weighted by molar-refractivity contribution is 0.0172. The number of ether oxygens (including phenoxy) is 1. The minimum atomic E-state index is -3.63. The van der Waals surface area contributed by atoms with Crippen molar-refractivity contribution in [3.63, 3.8) is 0 Å². The molecule has 0 radical (unpaired) electrons. The van der Waals surface area contributed by atoms with E-state index >= 15 is 0 Å². The molecule has 2 heterocycles. The molecule has 0 aliphatic carbocycles.